The first kappa shape index (κ1) is 11.3. The van der Waals surface area contributed by atoms with E-state index >= 15 is 0 Å². The summed E-state index contributed by atoms with van der Waals surface area (Å²) in [4.78, 5) is 25.0. The molecule has 0 atom stereocenters. The van der Waals surface area contributed by atoms with Crippen molar-refractivity contribution in [2.45, 2.75) is 0 Å². The summed E-state index contributed by atoms with van der Waals surface area (Å²) in [5.41, 5.74) is 2.71. The number of thiazole rings is 1. The Hall–Kier alpha value is -1.79. The summed E-state index contributed by atoms with van der Waals surface area (Å²) in [5, 5.41) is 0.335. The molecule has 0 aromatic carbocycles. The minimum absolute atomic E-state index is 0.179. The summed E-state index contributed by atoms with van der Waals surface area (Å²) in [6.07, 6.45) is 3.30. The molecule has 7 heteroatoms. The normalized spacial score (nSPS) is 11.0. The molecule has 0 unspecified atom stereocenters. The number of hydrogen-bond acceptors (Lipinski definition) is 5. The molecule has 0 N–H and O–H groups in total. The van der Waals surface area contributed by atoms with Crippen LogP contribution >= 0.6 is 22.9 Å². The van der Waals surface area contributed by atoms with E-state index in [2.05, 4.69) is 15.0 Å². The van der Waals surface area contributed by atoms with Crippen LogP contribution in [0.1, 0.15) is 0 Å². The molecule has 0 aliphatic carbocycles. The molecule has 90 valence electrons. The van der Waals surface area contributed by atoms with E-state index in [0.717, 1.165) is 4.88 Å². The van der Waals surface area contributed by atoms with Crippen LogP contribution in [-0.4, -0.2) is 19.5 Å². The van der Waals surface area contributed by atoms with Crippen molar-refractivity contribution < 1.29 is 0 Å². The Morgan fingerprint density at radius 1 is 1.39 bits per heavy atom. The molecule has 0 aliphatic heterocycles. The zero-order chi connectivity index (χ0) is 12.7. The van der Waals surface area contributed by atoms with Crippen molar-refractivity contribution in [2.24, 2.45) is 7.05 Å². The molecule has 5 nitrogen and oxygen atoms in total. The van der Waals surface area contributed by atoms with Gasteiger partial charge in [-0.25, -0.2) is 9.97 Å². The Morgan fingerprint density at radius 2 is 2.22 bits per heavy atom. The van der Waals surface area contributed by atoms with Crippen molar-refractivity contribution >= 4 is 34.0 Å². The van der Waals surface area contributed by atoms with E-state index in [0.29, 0.717) is 21.9 Å². The van der Waals surface area contributed by atoms with Crippen LogP contribution in [-0.2, 0) is 7.05 Å². The number of hydrogen-bond donors (Lipinski definition) is 0. The molecule has 3 aromatic heterocycles. The predicted octanol–water partition coefficient (Wildman–Crippen LogP) is 2.11. The molecule has 0 aliphatic rings. The smallest absolute Gasteiger partial charge is 0.252 e. The third kappa shape index (κ3) is 1.70. The van der Waals surface area contributed by atoms with Gasteiger partial charge in [-0.05, 0) is 0 Å². The zero-order valence-corrected chi connectivity index (χ0v) is 10.9. The lowest BCUT2D eigenvalue weighted by molar-refractivity contribution is 0.898. The van der Waals surface area contributed by atoms with Gasteiger partial charge < -0.3 is 4.57 Å². The molecule has 3 aromatic rings. The topological polar surface area (TPSA) is 60.7 Å². The highest BCUT2D eigenvalue weighted by atomic mass is 35.5. The highest BCUT2D eigenvalue weighted by molar-refractivity contribution is 7.13. The van der Waals surface area contributed by atoms with Gasteiger partial charge in [0.2, 0.25) is 0 Å². The minimum atomic E-state index is -0.179. The van der Waals surface area contributed by atoms with E-state index in [1.54, 1.807) is 25.0 Å². The molecule has 3 heterocycles. The van der Waals surface area contributed by atoms with Crippen LogP contribution in [0.5, 0.6) is 0 Å². The van der Waals surface area contributed by atoms with Gasteiger partial charge in [-0.1, -0.05) is 11.6 Å². The van der Waals surface area contributed by atoms with Crippen molar-refractivity contribution in [1.29, 1.82) is 0 Å². The monoisotopic (exact) mass is 278 g/mol. The van der Waals surface area contributed by atoms with Crippen LogP contribution < -0.4 is 5.56 Å². The quantitative estimate of drug-likeness (QED) is 0.684. The van der Waals surface area contributed by atoms with E-state index < -0.39 is 0 Å². The lowest BCUT2D eigenvalue weighted by Crippen LogP contribution is -2.16. The summed E-state index contributed by atoms with van der Waals surface area (Å²) in [6.45, 7) is 0. The van der Waals surface area contributed by atoms with E-state index in [1.165, 1.54) is 22.0 Å². The van der Waals surface area contributed by atoms with Crippen molar-refractivity contribution in [2.75, 3.05) is 0 Å². The van der Waals surface area contributed by atoms with Gasteiger partial charge in [0.25, 0.3) is 5.56 Å². The second kappa shape index (κ2) is 4.15. The molecule has 0 spiro atoms. The predicted molar refractivity (Wildman–Crippen MR) is 70.9 cm³/mol. The molecule has 3 rings (SSSR count). The molecule has 0 bridgehead atoms. The number of pyridine rings is 1. The Balaban J connectivity index is 2.34. The summed E-state index contributed by atoms with van der Waals surface area (Å²) in [6, 6.07) is 1.35. The molecular formula is C11H7ClN4OS. The molecule has 0 saturated heterocycles. The number of rotatable bonds is 1. The molecule has 0 saturated carbocycles. The largest absolute Gasteiger partial charge is 0.308 e. The Bertz CT molecular complexity index is 782. The molecule has 18 heavy (non-hydrogen) atoms. The molecule has 0 radical (unpaired) electrons. The minimum Gasteiger partial charge on any atom is -0.308 e. The van der Waals surface area contributed by atoms with Gasteiger partial charge >= 0.3 is 0 Å². The van der Waals surface area contributed by atoms with Gasteiger partial charge in [0.05, 0.1) is 27.1 Å². The van der Waals surface area contributed by atoms with E-state index in [-0.39, 0.29) is 5.56 Å². The maximum atomic E-state index is 11.6. The van der Waals surface area contributed by atoms with Gasteiger partial charge in [-0.3, -0.25) is 9.78 Å². The SMILES string of the molecule is Cn1c(=O)cc(Cl)c2nc(-c3cncs3)ncc21. The number of nitrogens with zero attached hydrogens (tertiary/aromatic N) is 4. The fourth-order valence-electron chi connectivity index (χ4n) is 1.63. The fourth-order valence-corrected chi connectivity index (χ4v) is 2.43. The van der Waals surface area contributed by atoms with Gasteiger partial charge in [0.15, 0.2) is 5.82 Å². The van der Waals surface area contributed by atoms with E-state index in [4.69, 9.17) is 11.6 Å². The van der Waals surface area contributed by atoms with Crippen molar-refractivity contribution in [1.82, 2.24) is 19.5 Å². The third-order valence-corrected chi connectivity index (χ3v) is 3.65. The standard InChI is InChI=1S/C11H7ClN4OS/c1-16-7-3-14-11(8-4-13-5-18-8)15-10(7)6(12)2-9(16)17/h2-5H,1H3. The summed E-state index contributed by atoms with van der Waals surface area (Å²) in [7, 11) is 1.66. The summed E-state index contributed by atoms with van der Waals surface area (Å²) >= 11 is 7.50. The summed E-state index contributed by atoms with van der Waals surface area (Å²) in [5.74, 6) is 0.561. The maximum absolute atomic E-state index is 11.6. The lowest BCUT2D eigenvalue weighted by atomic mass is 10.3. The first-order valence-corrected chi connectivity index (χ1v) is 6.34. The van der Waals surface area contributed by atoms with Gasteiger partial charge in [-0.15, -0.1) is 11.3 Å². The van der Waals surface area contributed by atoms with Crippen LogP contribution in [0.2, 0.25) is 5.02 Å². The number of aryl methyl sites for hydroxylation is 1. The van der Waals surface area contributed by atoms with Crippen molar-refractivity contribution in [3.63, 3.8) is 0 Å². The molecule has 0 fully saturated rings. The van der Waals surface area contributed by atoms with Crippen LogP contribution in [0.15, 0.2) is 28.8 Å². The maximum Gasteiger partial charge on any atom is 0.252 e. The second-order valence-corrected chi connectivity index (χ2v) is 4.98. The lowest BCUT2D eigenvalue weighted by Gasteiger charge is -2.05. The highest BCUT2D eigenvalue weighted by Gasteiger charge is 2.10. The van der Waals surface area contributed by atoms with Crippen LogP contribution in [0.3, 0.4) is 0 Å². The van der Waals surface area contributed by atoms with Gasteiger partial charge in [0, 0.05) is 19.3 Å². The van der Waals surface area contributed by atoms with Crippen molar-refractivity contribution in [3.05, 3.63) is 39.3 Å². The first-order valence-electron chi connectivity index (χ1n) is 5.08. The Labute approximate surface area is 111 Å². The number of halogens is 1. The Morgan fingerprint density at radius 3 is 2.94 bits per heavy atom. The highest BCUT2D eigenvalue weighted by Crippen LogP contribution is 2.24. The third-order valence-electron chi connectivity index (χ3n) is 2.59. The average Bonchev–Trinajstić information content (AvgIpc) is 2.89. The van der Waals surface area contributed by atoms with Crippen molar-refractivity contribution in [3.8, 4) is 10.7 Å². The Kier molecular flexibility index (Phi) is 2.61. The second-order valence-electron chi connectivity index (χ2n) is 3.68. The zero-order valence-electron chi connectivity index (χ0n) is 9.29. The molecule has 0 amide bonds. The van der Waals surface area contributed by atoms with Gasteiger partial charge in [-0.2, -0.15) is 0 Å². The summed E-state index contributed by atoms with van der Waals surface area (Å²) < 4.78 is 1.47. The van der Waals surface area contributed by atoms with Crippen LogP contribution in [0, 0.1) is 0 Å². The van der Waals surface area contributed by atoms with E-state index in [9.17, 15) is 4.79 Å². The average molecular weight is 279 g/mol. The van der Waals surface area contributed by atoms with Crippen LogP contribution in [0.25, 0.3) is 21.7 Å². The number of fused-ring (bicyclic) bond motifs is 1. The van der Waals surface area contributed by atoms with Crippen LogP contribution in [0.4, 0.5) is 0 Å². The molecular weight excluding hydrogens is 272 g/mol. The fraction of sp³-hybridized carbons (Fsp3) is 0.0909. The van der Waals surface area contributed by atoms with Gasteiger partial charge in [0.1, 0.15) is 5.52 Å². The number of aromatic nitrogens is 4. The first-order chi connectivity index (χ1) is 8.66. The van der Waals surface area contributed by atoms with E-state index in [1.807, 2.05) is 0 Å².